The molecular formula is C23H25NO4. The van der Waals surface area contributed by atoms with Gasteiger partial charge in [0.05, 0.1) is 7.11 Å². The average Bonchev–Trinajstić information content (AvgIpc) is 2.65. The van der Waals surface area contributed by atoms with Crippen LogP contribution >= 0.6 is 0 Å². The molecule has 146 valence electrons. The van der Waals surface area contributed by atoms with E-state index in [9.17, 15) is 9.59 Å². The average molecular weight is 379 g/mol. The first kappa shape index (κ1) is 21.0. The Morgan fingerprint density at radius 1 is 0.964 bits per heavy atom. The molecule has 5 nitrogen and oxygen atoms in total. The molecule has 28 heavy (non-hydrogen) atoms. The molecule has 1 amide bonds. The lowest BCUT2D eigenvalue weighted by molar-refractivity contribution is -0.143. The summed E-state index contributed by atoms with van der Waals surface area (Å²) in [4.78, 5) is 24.0. The first-order valence-electron chi connectivity index (χ1n) is 9.00. The van der Waals surface area contributed by atoms with Crippen LogP contribution < -0.4 is 5.32 Å². The van der Waals surface area contributed by atoms with E-state index in [4.69, 9.17) is 9.47 Å². The lowest BCUT2D eigenvalue weighted by Crippen LogP contribution is -2.45. The topological polar surface area (TPSA) is 64.6 Å². The van der Waals surface area contributed by atoms with Gasteiger partial charge in [-0.2, -0.15) is 0 Å². The second-order valence-corrected chi connectivity index (χ2v) is 7.24. The normalized spacial score (nSPS) is 11.6. The Bertz CT molecular complexity index is 855. The zero-order valence-electron chi connectivity index (χ0n) is 16.6. The number of esters is 1. The van der Waals surface area contributed by atoms with E-state index >= 15 is 0 Å². The molecule has 0 bridgehead atoms. The highest BCUT2D eigenvalue weighted by molar-refractivity contribution is 5.81. The summed E-state index contributed by atoms with van der Waals surface area (Å²) in [5.41, 5.74) is 2.03. The Labute approximate surface area is 166 Å². The standard InChI is InChI=1S/C23H25NO4/c1-23(2,3)28-22(26)24-20(21(25)27-4)16-19-14-12-18(13-15-19)11-10-17-8-6-5-7-9-17/h5-9,12-15,20H,16H2,1-4H3,(H,24,26). The van der Waals surface area contributed by atoms with Crippen LogP contribution in [0.3, 0.4) is 0 Å². The van der Waals surface area contributed by atoms with E-state index in [1.165, 1.54) is 7.11 Å². The number of alkyl carbamates (subject to hydrolysis) is 1. The third-order valence-electron chi connectivity index (χ3n) is 3.70. The molecule has 0 fully saturated rings. The van der Waals surface area contributed by atoms with Crippen LogP contribution in [0, 0.1) is 11.8 Å². The van der Waals surface area contributed by atoms with Crippen molar-refractivity contribution in [1.29, 1.82) is 0 Å². The maximum absolute atomic E-state index is 12.0. The Kier molecular flexibility index (Phi) is 7.22. The van der Waals surface area contributed by atoms with E-state index in [1.54, 1.807) is 20.8 Å². The molecule has 0 saturated carbocycles. The van der Waals surface area contributed by atoms with E-state index in [1.807, 2.05) is 54.6 Å². The molecule has 2 rings (SSSR count). The van der Waals surface area contributed by atoms with Gasteiger partial charge in [0.1, 0.15) is 11.6 Å². The monoisotopic (exact) mass is 379 g/mol. The number of carbonyl (C=O) groups excluding carboxylic acids is 2. The van der Waals surface area contributed by atoms with Crippen molar-refractivity contribution in [3.8, 4) is 11.8 Å². The minimum atomic E-state index is -0.832. The maximum Gasteiger partial charge on any atom is 0.408 e. The fourth-order valence-electron chi connectivity index (χ4n) is 2.41. The summed E-state index contributed by atoms with van der Waals surface area (Å²) in [6.07, 6.45) is -0.369. The first-order chi connectivity index (χ1) is 13.3. The van der Waals surface area contributed by atoms with Crippen molar-refractivity contribution in [1.82, 2.24) is 5.32 Å². The molecule has 2 aromatic carbocycles. The van der Waals surface area contributed by atoms with Gasteiger partial charge in [-0.3, -0.25) is 0 Å². The number of rotatable bonds is 4. The van der Waals surface area contributed by atoms with E-state index in [0.29, 0.717) is 0 Å². The summed E-state index contributed by atoms with van der Waals surface area (Å²) in [6, 6.07) is 16.4. The highest BCUT2D eigenvalue weighted by Crippen LogP contribution is 2.10. The van der Waals surface area contributed by atoms with Crippen LogP contribution in [0.15, 0.2) is 54.6 Å². The fraction of sp³-hybridized carbons (Fsp3) is 0.304. The highest BCUT2D eigenvalue weighted by atomic mass is 16.6. The molecule has 0 aliphatic carbocycles. The summed E-state index contributed by atoms with van der Waals surface area (Å²) in [7, 11) is 1.29. The van der Waals surface area contributed by atoms with Gasteiger partial charge >= 0.3 is 12.1 Å². The van der Waals surface area contributed by atoms with Gasteiger partial charge in [0.25, 0.3) is 0 Å². The molecule has 1 N–H and O–H groups in total. The molecule has 0 saturated heterocycles. The van der Waals surface area contributed by atoms with Crippen LogP contribution in [0.2, 0.25) is 0 Å². The molecule has 1 atom stereocenters. The van der Waals surface area contributed by atoms with Gasteiger partial charge in [0, 0.05) is 17.5 Å². The fourth-order valence-corrected chi connectivity index (χ4v) is 2.41. The van der Waals surface area contributed by atoms with Crippen molar-refractivity contribution in [3.63, 3.8) is 0 Å². The van der Waals surface area contributed by atoms with Gasteiger partial charge in [-0.05, 0) is 50.6 Å². The van der Waals surface area contributed by atoms with Crippen LogP contribution in [-0.2, 0) is 20.7 Å². The molecule has 0 heterocycles. The maximum atomic E-state index is 12.0. The minimum Gasteiger partial charge on any atom is -0.467 e. The first-order valence-corrected chi connectivity index (χ1v) is 9.00. The number of amides is 1. The number of nitrogens with one attached hydrogen (secondary N) is 1. The third-order valence-corrected chi connectivity index (χ3v) is 3.70. The predicted octanol–water partition coefficient (Wildman–Crippen LogP) is 3.70. The van der Waals surface area contributed by atoms with E-state index in [2.05, 4.69) is 17.2 Å². The molecule has 1 unspecified atom stereocenters. The lowest BCUT2D eigenvalue weighted by atomic mass is 10.0. The van der Waals surface area contributed by atoms with Gasteiger partial charge < -0.3 is 14.8 Å². The Balaban J connectivity index is 2.05. The SMILES string of the molecule is COC(=O)C(Cc1ccc(C#Cc2ccccc2)cc1)NC(=O)OC(C)(C)C. The van der Waals surface area contributed by atoms with Crippen molar-refractivity contribution in [2.24, 2.45) is 0 Å². The van der Waals surface area contributed by atoms with Crippen molar-refractivity contribution in [2.45, 2.75) is 38.8 Å². The number of benzene rings is 2. The van der Waals surface area contributed by atoms with Crippen LogP contribution in [0.25, 0.3) is 0 Å². The summed E-state index contributed by atoms with van der Waals surface area (Å²) in [5, 5.41) is 2.57. The Morgan fingerprint density at radius 3 is 2.07 bits per heavy atom. The van der Waals surface area contributed by atoms with Gasteiger partial charge in [-0.25, -0.2) is 9.59 Å². The number of methoxy groups -OCH3 is 1. The summed E-state index contributed by atoms with van der Waals surface area (Å²) < 4.78 is 10.0. The summed E-state index contributed by atoms with van der Waals surface area (Å²) in [5.74, 6) is 5.67. The molecule has 2 aromatic rings. The zero-order valence-corrected chi connectivity index (χ0v) is 16.6. The van der Waals surface area contributed by atoms with Crippen LogP contribution in [-0.4, -0.2) is 30.8 Å². The molecule has 0 spiro atoms. The van der Waals surface area contributed by atoms with Crippen LogP contribution in [0.1, 0.15) is 37.5 Å². The highest BCUT2D eigenvalue weighted by Gasteiger charge is 2.25. The molecule has 0 aromatic heterocycles. The number of carbonyl (C=O) groups is 2. The summed E-state index contributed by atoms with van der Waals surface area (Å²) in [6.45, 7) is 5.28. The van der Waals surface area contributed by atoms with Crippen molar-refractivity contribution in [3.05, 3.63) is 71.3 Å². The molecule has 5 heteroatoms. The second kappa shape index (κ2) is 9.61. The number of ether oxygens (including phenoxy) is 2. The van der Waals surface area contributed by atoms with Gasteiger partial charge in [0.2, 0.25) is 0 Å². The van der Waals surface area contributed by atoms with Crippen molar-refractivity contribution < 1.29 is 19.1 Å². The third kappa shape index (κ3) is 7.16. The predicted molar refractivity (Wildman–Crippen MR) is 108 cm³/mol. The largest absolute Gasteiger partial charge is 0.467 e. The quantitative estimate of drug-likeness (QED) is 0.650. The Hall–Kier alpha value is -3.26. The van der Waals surface area contributed by atoms with E-state index in [0.717, 1.165) is 16.7 Å². The van der Waals surface area contributed by atoms with E-state index < -0.39 is 23.7 Å². The van der Waals surface area contributed by atoms with Crippen molar-refractivity contribution >= 4 is 12.1 Å². The van der Waals surface area contributed by atoms with Crippen LogP contribution in [0.4, 0.5) is 4.79 Å². The van der Waals surface area contributed by atoms with Gasteiger partial charge in [-0.15, -0.1) is 0 Å². The van der Waals surface area contributed by atoms with Gasteiger partial charge in [0.15, 0.2) is 0 Å². The number of hydrogen-bond acceptors (Lipinski definition) is 4. The summed E-state index contributed by atoms with van der Waals surface area (Å²) >= 11 is 0. The molecule has 0 radical (unpaired) electrons. The molecule has 0 aliphatic heterocycles. The van der Waals surface area contributed by atoms with Crippen LogP contribution in [0.5, 0.6) is 0 Å². The number of hydrogen-bond donors (Lipinski definition) is 1. The Morgan fingerprint density at radius 2 is 1.54 bits per heavy atom. The van der Waals surface area contributed by atoms with Gasteiger partial charge in [-0.1, -0.05) is 42.2 Å². The zero-order chi connectivity index (χ0) is 20.6. The van der Waals surface area contributed by atoms with E-state index in [-0.39, 0.29) is 6.42 Å². The second-order valence-electron chi connectivity index (χ2n) is 7.24. The molecular weight excluding hydrogens is 354 g/mol. The van der Waals surface area contributed by atoms with Crippen molar-refractivity contribution in [2.75, 3.05) is 7.11 Å². The smallest absolute Gasteiger partial charge is 0.408 e. The molecule has 0 aliphatic rings. The minimum absolute atomic E-state index is 0.290. The lowest BCUT2D eigenvalue weighted by Gasteiger charge is -2.22.